The van der Waals surface area contributed by atoms with Crippen molar-refractivity contribution in [2.45, 2.75) is 17.7 Å². The first kappa shape index (κ1) is 16.7. The number of benzene rings is 1. The zero-order valence-corrected chi connectivity index (χ0v) is 14.1. The van der Waals surface area contributed by atoms with Gasteiger partial charge in [0.15, 0.2) is 0 Å². The SMILES string of the molecule is O=C(NCC1CCN(S(=O)(=O)c2ccccc2)CC1)c1cc[nH]c1. The molecule has 3 rings (SSSR count). The van der Waals surface area contributed by atoms with Crippen LogP contribution in [-0.2, 0) is 10.0 Å². The summed E-state index contributed by atoms with van der Waals surface area (Å²) >= 11 is 0. The van der Waals surface area contributed by atoms with Gasteiger partial charge in [0.2, 0.25) is 10.0 Å². The van der Waals surface area contributed by atoms with Crippen molar-refractivity contribution in [3.05, 3.63) is 54.4 Å². The number of carbonyl (C=O) groups is 1. The van der Waals surface area contributed by atoms with E-state index in [4.69, 9.17) is 0 Å². The molecule has 0 aliphatic carbocycles. The average Bonchev–Trinajstić information content (AvgIpc) is 3.15. The minimum absolute atomic E-state index is 0.101. The number of piperidine rings is 1. The zero-order chi connectivity index (χ0) is 17.0. The molecular weight excluding hydrogens is 326 g/mol. The lowest BCUT2D eigenvalue weighted by Gasteiger charge is -2.31. The molecule has 1 aliphatic rings. The Labute approximate surface area is 141 Å². The lowest BCUT2D eigenvalue weighted by Crippen LogP contribution is -2.41. The maximum Gasteiger partial charge on any atom is 0.252 e. The second-order valence-electron chi connectivity index (χ2n) is 5.97. The number of nitrogens with one attached hydrogen (secondary N) is 2. The number of aromatic amines is 1. The molecule has 2 aromatic rings. The van der Waals surface area contributed by atoms with Crippen LogP contribution in [0.5, 0.6) is 0 Å². The molecule has 7 heteroatoms. The van der Waals surface area contributed by atoms with Gasteiger partial charge in [0.05, 0.1) is 10.5 Å². The van der Waals surface area contributed by atoms with Crippen molar-refractivity contribution in [3.8, 4) is 0 Å². The van der Waals surface area contributed by atoms with Gasteiger partial charge >= 0.3 is 0 Å². The van der Waals surface area contributed by atoms with E-state index in [0.717, 1.165) is 12.8 Å². The van der Waals surface area contributed by atoms with E-state index >= 15 is 0 Å². The second-order valence-corrected chi connectivity index (χ2v) is 7.91. The van der Waals surface area contributed by atoms with Gasteiger partial charge in [0, 0.05) is 32.0 Å². The van der Waals surface area contributed by atoms with E-state index in [2.05, 4.69) is 10.3 Å². The van der Waals surface area contributed by atoms with Crippen molar-refractivity contribution in [2.24, 2.45) is 5.92 Å². The minimum Gasteiger partial charge on any atom is -0.367 e. The van der Waals surface area contributed by atoms with E-state index in [-0.39, 0.29) is 5.91 Å². The monoisotopic (exact) mass is 347 g/mol. The molecule has 0 unspecified atom stereocenters. The van der Waals surface area contributed by atoms with Gasteiger partial charge in [-0.2, -0.15) is 4.31 Å². The first-order chi connectivity index (χ1) is 11.6. The molecule has 0 spiro atoms. The van der Waals surface area contributed by atoms with Crippen LogP contribution in [0.1, 0.15) is 23.2 Å². The lowest BCUT2D eigenvalue weighted by atomic mass is 9.98. The highest BCUT2D eigenvalue weighted by Gasteiger charge is 2.29. The maximum absolute atomic E-state index is 12.6. The van der Waals surface area contributed by atoms with E-state index in [9.17, 15) is 13.2 Å². The zero-order valence-electron chi connectivity index (χ0n) is 13.3. The highest BCUT2D eigenvalue weighted by atomic mass is 32.2. The fourth-order valence-electron chi connectivity index (χ4n) is 2.90. The molecule has 0 bridgehead atoms. The molecule has 1 aliphatic heterocycles. The second kappa shape index (κ2) is 7.19. The number of rotatable bonds is 5. The van der Waals surface area contributed by atoms with Crippen LogP contribution in [-0.4, -0.2) is 43.2 Å². The summed E-state index contributed by atoms with van der Waals surface area (Å²) in [6, 6.07) is 10.2. The van der Waals surface area contributed by atoms with Crippen molar-refractivity contribution in [1.29, 1.82) is 0 Å². The molecule has 6 nitrogen and oxygen atoms in total. The van der Waals surface area contributed by atoms with Crippen molar-refractivity contribution in [3.63, 3.8) is 0 Å². The Morgan fingerprint density at radius 2 is 1.88 bits per heavy atom. The van der Waals surface area contributed by atoms with E-state index in [1.165, 1.54) is 4.31 Å². The van der Waals surface area contributed by atoms with Gasteiger partial charge in [-0.1, -0.05) is 18.2 Å². The Bertz CT molecular complexity index is 765. The third-order valence-corrected chi connectivity index (χ3v) is 6.28. The van der Waals surface area contributed by atoms with Crippen LogP contribution >= 0.6 is 0 Å². The molecule has 1 amide bonds. The van der Waals surface area contributed by atoms with Crippen molar-refractivity contribution in [1.82, 2.24) is 14.6 Å². The van der Waals surface area contributed by atoms with Gasteiger partial charge in [-0.15, -0.1) is 0 Å². The number of sulfonamides is 1. The number of amides is 1. The van der Waals surface area contributed by atoms with Crippen molar-refractivity contribution in [2.75, 3.05) is 19.6 Å². The summed E-state index contributed by atoms with van der Waals surface area (Å²) in [6.07, 6.45) is 4.87. The summed E-state index contributed by atoms with van der Waals surface area (Å²) in [5, 5.41) is 2.91. The Morgan fingerprint density at radius 1 is 1.17 bits per heavy atom. The Balaban J connectivity index is 1.52. The summed E-state index contributed by atoms with van der Waals surface area (Å²) in [4.78, 5) is 15.1. The van der Waals surface area contributed by atoms with Crippen LogP contribution < -0.4 is 5.32 Å². The summed E-state index contributed by atoms with van der Waals surface area (Å²) in [5.74, 6) is 0.200. The number of aromatic nitrogens is 1. The quantitative estimate of drug-likeness (QED) is 0.866. The lowest BCUT2D eigenvalue weighted by molar-refractivity contribution is 0.0941. The number of hydrogen-bond donors (Lipinski definition) is 2. The van der Waals surface area contributed by atoms with Crippen molar-refractivity contribution >= 4 is 15.9 Å². The van der Waals surface area contributed by atoms with Gasteiger partial charge in [-0.3, -0.25) is 4.79 Å². The van der Waals surface area contributed by atoms with E-state index in [1.807, 2.05) is 0 Å². The fourth-order valence-corrected chi connectivity index (χ4v) is 4.39. The Morgan fingerprint density at radius 3 is 2.50 bits per heavy atom. The molecule has 128 valence electrons. The summed E-state index contributed by atoms with van der Waals surface area (Å²) in [7, 11) is -3.41. The van der Waals surface area contributed by atoms with Gasteiger partial charge in [0.1, 0.15) is 0 Å². The van der Waals surface area contributed by atoms with Crippen LogP contribution in [0.2, 0.25) is 0 Å². The third-order valence-electron chi connectivity index (χ3n) is 4.37. The predicted molar refractivity (Wildman–Crippen MR) is 91.1 cm³/mol. The van der Waals surface area contributed by atoms with Crippen LogP contribution in [0.4, 0.5) is 0 Å². The van der Waals surface area contributed by atoms with Crippen LogP contribution in [0.15, 0.2) is 53.7 Å². The van der Waals surface area contributed by atoms with Gasteiger partial charge < -0.3 is 10.3 Å². The van der Waals surface area contributed by atoms with Gasteiger partial charge in [0.25, 0.3) is 5.91 Å². The molecule has 1 aromatic heterocycles. The maximum atomic E-state index is 12.6. The van der Waals surface area contributed by atoms with E-state index in [1.54, 1.807) is 48.8 Å². The number of carbonyl (C=O) groups excluding carboxylic acids is 1. The molecule has 2 N–H and O–H groups in total. The van der Waals surface area contributed by atoms with Crippen molar-refractivity contribution < 1.29 is 13.2 Å². The number of H-pyrrole nitrogens is 1. The summed E-state index contributed by atoms with van der Waals surface area (Å²) in [5.41, 5.74) is 0.610. The first-order valence-electron chi connectivity index (χ1n) is 8.03. The first-order valence-corrected chi connectivity index (χ1v) is 9.47. The van der Waals surface area contributed by atoms with Crippen LogP contribution in [0.25, 0.3) is 0 Å². The molecule has 1 fully saturated rings. The Kier molecular flexibility index (Phi) is 5.01. The molecule has 24 heavy (non-hydrogen) atoms. The standard InChI is InChI=1S/C17H21N3O3S/c21-17(15-6-9-18-13-15)19-12-14-7-10-20(11-8-14)24(22,23)16-4-2-1-3-5-16/h1-6,9,13-14,18H,7-8,10-12H2,(H,19,21). The Hall–Kier alpha value is -2.12. The average molecular weight is 347 g/mol. The van der Waals surface area contributed by atoms with Gasteiger partial charge in [-0.25, -0.2) is 8.42 Å². The summed E-state index contributed by atoms with van der Waals surface area (Å²) < 4.78 is 26.7. The van der Waals surface area contributed by atoms with Gasteiger partial charge in [-0.05, 0) is 37.0 Å². The molecule has 1 saturated heterocycles. The normalized spacial score (nSPS) is 16.8. The highest BCUT2D eigenvalue weighted by Crippen LogP contribution is 2.23. The molecule has 2 heterocycles. The fraction of sp³-hybridized carbons (Fsp3) is 0.353. The smallest absolute Gasteiger partial charge is 0.252 e. The molecule has 0 atom stereocenters. The van der Waals surface area contributed by atoms with E-state index < -0.39 is 10.0 Å². The summed E-state index contributed by atoms with van der Waals surface area (Å²) in [6.45, 7) is 1.55. The largest absolute Gasteiger partial charge is 0.367 e. The molecule has 0 saturated carbocycles. The van der Waals surface area contributed by atoms with E-state index in [0.29, 0.717) is 36.0 Å². The predicted octanol–water partition coefficient (Wildman–Crippen LogP) is 1.85. The minimum atomic E-state index is -3.41. The topological polar surface area (TPSA) is 82.3 Å². The molecule has 0 radical (unpaired) electrons. The molecular formula is C17H21N3O3S. The third kappa shape index (κ3) is 3.68. The van der Waals surface area contributed by atoms with Crippen LogP contribution in [0, 0.1) is 5.92 Å². The number of nitrogens with zero attached hydrogens (tertiary/aromatic N) is 1. The van der Waals surface area contributed by atoms with Crippen LogP contribution in [0.3, 0.4) is 0 Å². The number of hydrogen-bond acceptors (Lipinski definition) is 3. The molecule has 1 aromatic carbocycles. The highest BCUT2D eigenvalue weighted by molar-refractivity contribution is 7.89.